The van der Waals surface area contributed by atoms with Gasteiger partial charge in [0.1, 0.15) is 5.52 Å². The third-order valence-corrected chi connectivity index (χ3v) is 3.34. The Morgan fingerprint density at radius 1 is 1.41 bits per heavy atom. The Kier molecular flexibility index (Phi) is 2.42. The first-order valence-electron chi connectivity index (χ1n) is 5.46. The molecule has 0 atom stereocenters. The minimum absolute atomic E-state index is 0.0842. The van der Waals surface area contributed by atoms with Gasteiger partial charge in [0.25, 0.3) is 0 Å². The lowest BCUT2D eigenvalue weighted by Gasteiger charge is -2.09. The number of nitrogens with one attached hydrogen (secondary N) is 1. The lowest BCUT2D eigenvalue weighted by atomic mass is 10.1. The third kappa shape index (κ3) is 1.73. The maximum absolute atomic E-state index is 13.9. The van der Waals surface area contributed by atoms with Crippen LogP contribution in [0.2, 0.25) is 5.02 Å². The molecule has 0 radical (unpaired) electrons. The molecule has 0 saturated heterocycles. The molecule has 17 heavy (non-hydrogen) atoms. The molecule has 1 aliphatic rings. The summed E-state index contributed by atoms with van der Waals surface area (Å²) >= 11 is 5.76. The summed E-state index contributed by atoms with van der Waals surface area (Å²) in [5.41, 5.74) is 4.45. The Balaban J connectivity index is 2.32. The highest BCUT2D eigenvalue weighted by molar-refractivity contribution is 6.31. The van der Waals surface area contributed by atoms with Gasteiger partial charge >= 0.3 is 0 Å². The van der Waals surface area contributed by atoms with Crippen LogP contribution in [-0.4, -0.2) is 4.98 Å². The fourth-order valence-corrected chi connectivity index (χ4v) is 2.11. The summed E-state index contributed by atoms with van der Waals surface area (Å²) in [6.45, 7) is 0. The summed E-state index contributed by atoms with van der Waals surface area (Å²) in [6.07, 6.45) is 2.20. The number of benzene rings is 1. The molecule has 0 aliphatic heterocycles. The molecule has 88 valence electrons. The van der Waals surface area contributed by atoms with Crippen LogP contribution in [0.4, 0.5) is 10.1 Å². The number of anilines is 1. The van der Waals surface area contributed by atoms with E-state index in [4.69, 9.17) is 17.4 Å². The maximum Gasteiger partial charge on any atom is 0.168 e. The molecule has 2 aromatic rings. The number of pyridine rings is 1. The maximum atomic E-state index is 13.9. The molecular formula is C12H11ClFN3. The van der Waals surface area contributed by atoms with Crippen molar-refractivity contribution in [2.45, 2.75) is 18.8 Å². The van der Waals surface area contributed by atoms with E-state index in [0.29, 0.717) is 17.0 Å². The summed E-state index contributed by atoms with van der Waals surface area (Å²) in [4.78, 5) is 4.35. The van der Waals surface area contributed by atoms with E-state index in [9.17, 15) is 4.39 Å². The normalized spacial score (nSPS) is 15.2. The van der Waals surface area contributed by atoms with E-state index in [0.717, 1.165) is 18.5 Å². The zero-order valence-corrected chi connectivity index (χ0v) is 9.76. The van der Waals surface area contributed by atoms with E-state index < -0.39 is 5.82 Å². The van der Waals surface area contributed by atoms with Crippen molar-refractivity contribution in [2.75, 3.05) is 5.43 Å². The van der Waals surface area contributed by atoms with Crippen molar-refractivity contribution in [1.82, 2.24) is 4.98 Å². The highest BCUT2D eigenvalue weighted by Crippen LogP contribution is 2.41. The zero-order chi connectivity index (χ0) is 12.0. The lowest BCUT2D eigenvalue weighted by Crippen LogP contribution is -2.08. The van der Waals surface area contributed by atoms with Gasteiger partial charge in [0.05, 0.1) is 10.7 Å². The van der Waals surface area contributed by atoms with E-state index >= 15 is 0 Å². The lowest BCUT2D eigenvalue weighted by molar-refractivity contribution is 0.636. The number of hydrazine groups is 1. The average Bonchev–Trinajstić information content (AvgIpc) is 3.17. The molecule has 3 rings (SSSR count). The molecule has 1 heterocycles. The SMILES string of the molecule is NNc1cc(C2CC2)nc2c(F)c(Cl)ccc12. The summed E-state index contributed by atoms with van der Waals surface area (Å²) in [7, 11) is 0. The number of hydrogen-bond donors (Lipinski definition) is 2. The Bertz CT molecular complexity index is 596. The number of nitrogen functional groups attached to an aromatic ring is 1. The molecule has 0 spiro atoms. The van der Waals surface area contributed by atoms with Crippen molar-refractivity contribution < 1.29 is 4.39 Å². The molecule has 0 amide bonds. The fourth-order valence-electron chi connectivity index (χ4n) is 1.96. The van der Waals surface area contributed by atoms with Gasteiger partial charge in [0.2, 0.25) is 0 Å². The minimum atomic E-state index is -0.483. The van der Waals surface area contributed by atoms with Gasteiger partial charge in [-0.3, -0.25) is 5.84 Å². The summed E-state index contributed by atoms with van der Waals surface area (Å²) in [5, 5.41) is 0.736. The zero-order valence-electron chi connectivity index (χ0n) is 9.00. The van der Waals surface area contributed by atoms with Gasteiger partial charge in [-0.2, -0.15) is 0 Å². The van der Waals surface area contributed by atoms with Crippen molar-refractivity contribution in [1.29, 1.82) is 0 Å². The van der Waals surface area contributed by atoms with Crippen molar-refractivity contribution in [2.24, 2.45) is 5.84 Å². The number of nitrogens with two attached hydrogens (primary N) is 1. The second-order valence-electron chi connectivity index (χ2n) is 4.27. The number of aromatic nitrogens is 1. The molecule has 1 aromatic heterocycles. The summed E-state index contributed by atoms with van der Waals surface area (Å²) in [5.74, 6) is 5.41. The Morgan fingerprint density at radius 3 is 2.82 bits per heavy atom. The average molecular weight is 252 g/mol. The Morgan fingerprint density at radius 2 is 2.18 bits per heavy atom. The predicted octanol–water partition coefficient (Wildman–Crippen LogP) is 3.19. The molecule has 1 fully saturated rings. The monoisotopic (exact) mass is 251 g/mol. The van der Waals surface area contributed by atoms with Gasteiger partial charge in [-0.25, -0.2) is 9.37 Å². The second-order valence-corrected chi connectivity index (χ2v) is 4.68. The van der Waals surface area contributed by atoms with Crippen molar-refractivity contribution >= 4 is 28.2 Å². The molecule has 3 nitrogen and oxygen atoms in total. The number of nitrogens with zero attached hydrogens (tertiary/aromatic N) is 1. The molecule has 1 aliphatic carbocycles. The first-order valence-corrected chi connectivity index (χ1v) is 5.84. The van der Waals surface area contributed by atoms with Crippen molar-refractivity contribution in [3.63, 3.8) is 0 Å². The van der Waals surface area contributed by atoms with E-state index in [1.165, 1.54) is 6.07 Å². The van der Waals surface area contributed by atoms with Crippen LogP contribution >= 0.6 is 11.6 Å². The highest BCUT2D eigenvalue weighted by Gasteiger charge is 2.26. The molecule has 0 bridgehead atoms. The molecule has 0 unspecified atom stereocenters. The number of halogens is 2. The third-order valence-electron chi connectivity index (χ3n) is 3.04. The van der Waals surface area contributed by atoms with Gasteiger partial charge < -0.3 is 5.43 Å². The molecule has 1 saturated carbocycles. The van der Waals surface area contributed by atoms with Gasteiger partial charge in [-0.15, -0.1) is 0 Å². The summed E-state index contributed by atoms with van der Waals surface area (Å²) < 4.78 is 13.9. The smallest absolute Gasteiger partial charge is 0.168 e. The fraction of sp³-hybridized carbons (Fsp3) is 0.250. The van der Waals surface area contributed by atoms with Gasteiger partial charge in [0.15, 0.2) is 5.82 Å². The van der Waals surface area contributed by atoms with Gasteiger partial charge in [-0.1, -0.05) is 11.6 Å². The number of rotatable bonds is 2. The molecular weight excluding hydrogens is 241 g/mol. The van der Waals surface area contributed by atoms with Crippen molar-refractivity contribution in [3.8, 4) is 0 Å². The van der Waals surface area contributed by atoms with Crippen LogP contribution in [0.25, 0.3) is 10.9 Å². The van der Waals surface area contributed by atoms with E-state index in [2.05, 4.69) is 10.4 Å². The quantitative estimate of drug-likeness (QED) is 0.637. The standard InChI is InChI=1S/C12H11ClFN3/c13-8-4-3-7-10(17-15)5-9(6-1-2-6)16-12(7)11(8)14/h3-6H,1-2,15H2,(H,16,17). The molecule has 3 N–H and O–H groups in total. The van der Waals surface area contributed by atoms with Crippen LogP contribution in [-0.2, 0) is 0 Å². The number of hydrogen-bond acceptors (Lipinski definition) is 3. The first kappa shape index (κ1) is 10.7. The first-order chi connectivity index (χ1) is 8.20. The van der Waals surface area contributed by atoms with Crippen LogP contribution in [0.3, 0.4) is 0 Å². The van der Waals surface area contributed by atoms with Crippen molar-refractivity contribution in [3.05, 3.63) is 34.7 Å². The molecule has 5 heteroatoms. The topological polar surface area (TPSA) is 50.9 Å². The largest absolute Gasteiger partial charge is 0.323 e. The van der Waals surface area contributed by atoms with Crippen LogP contribution in [0.15, 0.2) is 18.2 Å². The highest BCUT2D eigenvalue weighted by atomic mass is 35.5. The summed E-state index contributed by atoms with van der Waals surface area (Å²) in [6, 6.07) is 5.12. The van der Waals surface area contributed by atoms with E-state index in [-0.39, 0.29) is 10.5 Å². The van der Waals surface area contributed by atoms with Crippen LogP contribution in [0.5, 0.6) is 0 Å². The van der Waals surface area contributed by atoms with Gasteiger partial charge in [-0.05, 0) is 31.0 Å². The van der Waals surface area contributed by atoms with E-state index in [1.54, 1.807) is 6.07 Å². The number of fused-ring (bicyclic) bond motifs is 1. The van der Waals surface area contributed by atoms with Crippen LogP contribution in [0.1, 0.15) is 24.5 Å². The van der Waals surface area contributed by atoms with Gasteiger partial charge in [0, 0.05) is 17.0 Å². The predicted molar refractivity (Wildman–Crippen MR) is 66.5 cm³/mol. The Hall–Kier alpha value is -1.39. The van der Waals surface area contributed by atoms with Crippen LogP contribution < -0.4 is 11.3 Å². The second kappa shape index (κ2) is 3.82. The minimum Gasteiger partial charge on any atom is -0.323 e. The van der Waals surface area contributed by atoms with Crippen LogP contribution in [0, 0.1) is 5.82 Å². The Labute approximate surface area is 103 Å². The van der Waals surface area contributed by atoms with E-state index in [1.807, 2.05) is 6.07 Å². The molecule has 1 aromatic carbocycles.